The molecule has 0 aromatic heterocycles. The lowest BCUT2D eigenvalue weighted by Crippen LogP contribution is -2.35. The van der Waals surface area contributed by atoms with Crippen LogP contribution < -0.4 is 5.73 Å². The summed E-state index contributed by atoms with van der Waals surface area (Å²) in [6, 6.07) is 0.479. The van der Waals surface area contributed by atoms with Crippen molar-refractivity contribution in [2.75, 3.05) is 0 Å². The van der Waals surface area contributed by atoms with Gasteiger partial charge >= 0.3 is 0 Å². The molecule has 0 spiro atoms. The minimum Gasteiger partial charge on any atom is -0.327 e. The average Bonchev–Trinajstić information content (AvgIpc) is 2.30. The van der Waals surface area contributed by atoms with E-state index >= 15 is 0 Å². The van der Waals surface area contributed by atoms with Crippen LogP contribution in [0.4, 0.5) is 0 Å². The molecule has 0 saturated heterocycles. The molecule has 2 atom stereocenters. The van der Waals surface area contributed by atoms with Gasteiger partial charge in [0.15, 0.2) is 0 Å². The Hall–Kier alpha value is 0.310. The molecule has 2 rings (SSSR count). The number of hydrogen-bond acceptors (Lipinski definition) is 2. The van der Waals surface area contributed by atoms with E-state index in [0.717, 1.165) is 10.5 Å². The van der Waals surface area contributed by atoms with E-state index < -0.39 is 0 Å². The average molecular weight is 241 g/mol. The molecule has 0 radical (unpaired) electrons. The molecule has 2 fully saturated rings. The topological polar surface area (TPSA) is 26.0 Å². The number of rotatable bonds is 2. The van der Waals surface area contributed by atoms with E-state index in [4.69, 9.17) is 5.73 Å². The molecule has 2 N–H and O–H groups in total. The van der Waals surface area contributed by atoms with Crippen LogP contribution in [-0.2, 0) is 0 Å². The summed E-state index contributed by atoms with van der Waals surface area (Å²) in [6.07, 6.45) is 15.6. The first-order valence-corrected chi connectivity index (χ1v) is 8.21. The smallest absolute Gasteiger partial charge is 0.0201 e. The van der Waals surface area contributed by atoms with Crippen LogP contribution >= 0.6 is 11.8 Å². The summed E-state index contributed by atoms with van der Waals surface area (Å²) >= 11 is 2.25. The maximum absolute atomic E-state index is 6.34. The van der Waals surface area contributed by atoms with E-state index in [-0.39, 0.29) is 0 Å². The van der Waals surface area contributed by atoms with Gasteiger partial charge in [0, 0.05) is 16.5 Å². The maximum Gasteiger partial charge on any atom is 0.0201 e. The van der Waals surface area contributed by atoms with Gasteiger partial charge in [-0.25, -0.2) is 0 Å². The third-order valence-corrected chi connectivity index (χ3v) is 5.96. The number of thioether (sulfide) groups is 1. The Morgan fingerprint density at radius 2 is 1.25 bits per heavy atom. The summed E-state index contributed by atoms with van der Waals surface area (Å²) in [5, 5.41) is 1.70. The molecule has 94 valence electrons. The Morgan fingerprint density at radius 1 is 0.688 bits per heavy atom. The van der Waals surface area contributed by atoms with Gasteiger partial charge in [0.05, 0.1) is 0 Å². The third-order valence-electron chi connectivity index (χ3n) is 4.17. The molecular formula is C14H27NS. The second-order valence-corrected chi connectivity index (χ2v) is 7.13. The molecule has 0 amide bonds. The van der Waals surface area contributed by atoms with Gasteiger partial charge in [-0.1, -0.05) is 44.9 Å². The summed E-state index contributed by atoms with van der Waals surface area (Å²) in [5.41, 5.74) is 6.34. The maximum atomic E-state index is 6.34. The summed E-state index contributed by atoms with van der Waals surface area (Å²) in [6.45, 7) is 0. The van der Waals surface area contributed by atoms with Crippen LogP contribution in [0.5, 0.6) is 0 Å². The Labute approximate surface area is 105 Å². The van der Waals surface area contributed by atoms with Crippen LogP contribution in [0, 0.1) is 0 Å². The molecule has 2 unspecified atom stereocenters. The fourth-order valence-corrected chi connectivity index (χ4v) is 4.84. The first kappa shape index (κ1) is 12.8. The monoisotopic (exact) mass is 241 g/mol. The van der Waals surface area contributed by atoms with Gasteiger partial charge in [0.2, 0.25) is 0 Å². The molecule has 2 aliphatic rings. The minimum atomic E-state index is 0.479. The lowest BCUT2D eigenvalue weighted by molar-refractivity contribution is 0.457. The van der Waals surface area contributed by atoms with Crippen molar-refractivity contribution in [2.45, 2.75) is 87.2 Å². The lowest BCUT2D eigenvalue weighted by atomic mass is 9.97. The van der Waals surface area contributed by atoms with E-state index in [2.05, 4.69) is 11.8 Å². The van der Waals surface area contributed by atoms with E-state index in [1.54, 1.807) is 0 Å². The highest BCUT2D eigenvalue weighted by molar-refractivity contribution is 8.00. The molecule has 1 nitrogen and oxygen atoms in total. The third kappa shape index (κ3) is 3.96. The summed E-state index contributed by atoms with van der Waals surface area (Å²) in [5.74, 6) is 0. The highest BCUT2D eigenvalue weighted by atomic mass is 32.2. The van der Waals surface area contributed by atoms with Crippen LogP contribution in [0.1, 0.15) is 70.6 Å². The van der Waals surface area contributed by atoms with Crippen molar-refractivity contribution in [3.63, 3.8) is 0 Å². The molecule has 2 aliphatic carbocycles. The molecule has 0 aliphatic heterocycles. The predicted molar refractivity (Wildman–Crippen MR) is 73.9 cm³/mol. The van der Waals surface area contributed by atoms with Crippen LogP contribution in [0.3, 0.4) is 0 Å². The van der Waals surface area contributed by atoms with Crippen molar-refractivity contribution in [2.24, 2.45) is 5.73 Å². The van der Waals surface area contributed by atoms with Gasteiger partial charge < -0.3 is 5.73 Å². The molecule has 16 heavy (non-hydrogen) atoms. The zero-order valence-corrected chi connectivity index (χ0v) is 11.3. The van der Waals surface area contributed by atoms with Crippen molar-refractivity contribution in [3.05, 3.63) is 0 Å². The fourth-order valence-electron chi connectivity index (χ4n) is 3.10. The van der Waals surface area contributed by atoms with E-state index in [1.807, 2.05) is 0 Å². The molecule has 0 aromatic carbocycles. The number of hydrogen-bond donors (Lipinski definition) is 1. The largest absolute Gasteiger partial charge is 0.327 e. The summed E-state index contributed by atoms with van der Waals surface area (Å²) in [4.78, 5) is 0. The van der Waals surface area contributed by atoms with Crippen molar-refractivity contribution in [1.29, 1.82) is 0 Å². The Kier molecular flexibility index (Phi) is 5.51. The number of nitrogens with two attached hydrogens (primary N) is 1. The van der Waals surface area contributed by atoms with Gasteiger partial charge in [0.1, 0.15) is 0 Å². The van der Waals surface area contributed by atoms with Crippen LogP contribution in [-0.4, -0.2) is 16.5 Å². The first-order chi connectivity index (χ1) is 7.86. The molecule has 0 heterocycles. The lowest BCUT2D eigenvalue weighted by Gasteiger charge is -2.31. The fraction of sp³-hybridized carbons (Fsp3) is 1.00. The van der Waals surface area contributed by atoms with Crippen molar-refractivity contribution in [1.82, 2.24) is 0 Å². The Bertz CT molecular complexity index is 189. The quantitative estimate of drug-likeness (QED) is 0.787. The summed E-state index contributed by atoms with van der Waals surface area (Å²) in [7, 11) is 0. The van der Waals surface area contributed by atoms with Crippen molar-refractivity contribution in [3.8, 4) is 0 Å². The van der Waals surface area contributed by atoms with Crippen molar-refractivity contribution < 1.29 is 0 Å². The predicted octanol–water partition coefficient (Wildman–Crippen LogP) is 4.10. The molecule has 0 aromatic rings. The SMILES string of the molecule is NC1CCCCCCC1SC1CCCCC1. The zero-order valence-electron chi connectivity index (χ0n) is 10.5. The normalized spacial score (nSPS) is 34.3. The Morgan fingerprint density at radius 3 is 2.00 bits per heavy atom. The highest BCUT2D eigenvalue weighted by Gasteiger charge is 2.24. The van der Waals surface area contributed by atoms with Gasteiger partial charge in [0.25, 0.3) is 0 Å². The van der Waals surface area contributed by atoms with Crippen LogP contribution in [0.2, 0.25) is 0 Å². The van der Waals surface area contributed by atoms with Crippen LogP contribution in [0.25, 0.3) is 0 Å². The highest BCUT2D eigenvalue weighted by Crippen LogP contribution is 2.35. The van der Waals surface area contributed by atoms with Gasteiger partial charge in [-0.05, 0) is 25.7 Å². The van der Waals surface area contributed by atoms with E-state index in [9.17, 15) is 0 Å². The first-order valence-electron chi connectivity index (χ1n) is 7.27. The minimum absolute atomic E-state index is 0.479. The van der Waals surface area contributed by atoms with Gasteiger partial charge in [-0.2, -0.15) is 11.8 Å². The van der Waals surface area contributed by atoms with Crippen molar-refractivity contribution >= 4 is 11.8 Å². The molecule has 2 heteroatoms. The second-order valence-electron chi connectivity index (χ2n) is 5.59. The zero-order chi connectivity index (χ0) is 11.2. The molecule has 0 bridgehead atoms. The van der Waals surface area contributed by atoms with Crippen LogP contribution in [0.15, 0.2) is 0 Å². The summed E-state index contributed by atoms with van der Waals surface area (Å²) < 4.78 is 0. The standard InChI is InChI=1S/C14H27NS/c15-13-10-6-1-2-7-11-14(13)16-12-8-4-3-5-9-12/h12-14H,1-11,15H2. The Balaban J connectivity index is 1.79. The van der Waals surface area contributed by atoms with E-state index in [0.29, 0.717) is 6.04 Å². The molecular weight excluding hydrogens is 214 g/mol. The molecule has 2 saturated carbocycles. The van der Waals surface area contributed by atoms with E-state index in [1.165, 1.54) is 70.6 Å². The van der Waals surface area contributed by atoms with Gasteiger partial charge in [-0.3, -0.25) is 0 Å². The van der Waals surface area contributed by atoms with Gasteiger partial charge in [-0.15, -0.1) is 0 Å². The second kappa shape index (κ2) is 6.90.